The highest BCUT2D eigenvalue weighted by molar-refractivity contribution is 5.83. The quantitative estimate of drug-likeness (QED) is 0.306. The van der Waals surface area contributed by atoms with Crippen molar-refractivity contribution in [1.29, 1.82) is 0 Å². The van der Waals surface area contributed by atoms with Gasteiger partial charge in [-0.15, -0.1) is 0 Å². The average Bonchev–Trinajstić information content (AvgIpc) is 3.32. The van der Waals surface area contributed by atoms with E-state index in [0.29, 0.717) is 11.8 Å². The molecular formula is C31H24. The van der Waals surface area contributed by atoms with Crippen molar-refractivity contribution in [3.8, 4) is 22.3 Å². The minimum Gasteiger partial charge on any atom is -0.0760 e. The number of hydrogen-bond donors (Lipinski definition) is 0. The summed E-state index contributed by atoms with van der Waals surface area (Å²) in [6, 6.07) is 35.1. The fourth-order valence-corrected chi connectivity index (χ4v) is 5.33. The summed E-state index contributed by atoms with van der Waals surface area (Å²) < 4.78 is 0. The maximum Gasteiger partial charge on any atom is 0.0282 e. The molecule has 0 fully saturated rings. The molecule has 148 valence electrons. The van der Waals surface area contributed by atoms with Gasteiger partial charge in [0.1, 0.15) is 0 Å². The number of hydrogen-bond acceptors (Lipinski definition) is 0. The van der Waals surface area contributed by atoms with Gasteiger partial charge in [-0.2, -0.15) is 0 Å². The van der Waals surface area contributed by atoms with Gasteiger partial charge in [-0.05, 0) is 51.4 Å². The first kappa shape index (κ1) is 18.2. The highest BCUT2D eigenvalue weighted by Crippen LogP contribution is 2.47. The van der Waals surface area contributed by atoms with E-state index in [2.05, 4.69) is 122 Å². The number of rotatable bonds is 3. The van der Waals surface area contributed by atoms with Gasteiger partial charge in [-0.3, -0.25) is 0 Å². The van der Waals surface area contributed by atoms with Crippen LogP contribution in [0.5, 0.6) is 0 Å². The van der Waals surface area contributed by atoms with Crippen LogP contribution in [-0.4, -0.2) is 0 Å². The smallest absolute Gasteiger partial charge is 0.0282 e. The van der Waals surface area contributed by atoms with Crippen molar-refractivity contribution in [3.63, 3.8) is 0 Å². The predicted octanol–water partition coefficient (Wildman–Crippen LogP) is 8.22. The van der Waals surface area contributed by atoms with Crippen molar-refractivity contribution in [2.75, 3.05) is 0 Å². The van der Waals surface area contributed by atoms with E-state index in [4.69, 9.17) is 0 Å². The van der Waals surface area contributed by atoms with Crippen LogP contribution in [0.4, 0.5) is 0 Å². The molecule has 6 rings (SSSR count). The summed E-state index contributed by atoms with van der Waals surface area (Å²) in [5.41, 5.74) is 12.4. The molecule has 2 aliphatic carbocycles. The third-order valence-corrected chi connectivity index (χ3v) is 6.80. The zero-order valence-corrected chi connectivity index (χ0v) is 17.6. The predicted molar refractivity (Wildman–Crippen MR) is 131 cm³/mol. The minimum atomic E-state index is 0.321. The Kier molecular flexibility index (Phi) is 4.25. The lowest BCUT2D eigenvalue weighted by Crippen LogP contribution is -1.97. The molecule has 0 nitrogen and oxygen atoms in total. The van der Waals surface area contributed by atoms with Gasteiger partial charge in [0.25, 0.3) is 0 Å². The Hall–Kier alpha value is -3.64. The van der Waals surface area contributed by atoms with Gasteiger partial charge >= 0.3 is 0 Å². The molecular weight excluding hydrogens is 372 g/mol. The summed E-state index contributed by atoms with van der Waals surface area (Å²) >= 11 is 0. The van der Waals surface area contributed by atoms with Crippen LogP contribution in [0.15, 0.2) is 115 Å². The second-order valence-corrected chi connectivity index (χ2v) is 8.58. The Balaban J connectivity index is 1.40. The SMILES string of the molecule is CC1=Cc2c(-c3ccccc3)cccc2C1C=CC1c2ccccc2-c2ccccc21. The van der Waals surface area contributed by atoms with E-state index in [1.165, 1.54) is 50.1 Å². The van der Waals surface area contributed by atoms with E-state index in [0.717, 1.165) is 0 Å². The van der Waals surface area contributed by atoms with Crippen LogP contribution in [0.3, 0.4) is 0 Å². The molecule has 0 amide bonds. The first-order valence-electron chi connectivity index (χ1n) is 11.0. The molecule has 2 aliphatic rings. The van der Waals surface area contributed by atoms with Gasteiger partial charge in [0.15, 0.2) is 0 Å². The Morgan fingerprint density at radius 3 is 1.77 bits per heavy atom. The van der Waals surface area contributed by atoms with E-state index in [1.54, 1.807) is 0 Å². The molecule has 4 aromatic carbocycles. The van der Waals surface area contributed by atoms with Crippen LogP contribution < -0.4 is 0 Å². The summed E-state index contributed by atoms with van der Waals surface area (Å²) in [4.78, 5) is 0. The molecule has 0 aromatic heterocycles. The molecule has 4 aromatic rings. The zero-order valence-electron chi connectivity index (χ0n) is 17.6. The molecule has 0 saturated heterocycles. The number of benzene rings is 4. The summed E-state index contributed by atoms with van der Waals surface area (Å²) in [5, 5.41) is 0. The fraction of sp³-hybridized carbons (Fsp3) is 0.0968. The number of allylic oxidation sites excluding steroid dienone is 3. The van der Waals surface area contributed by atoms with Crippen molar-refractivity contribution in [3.05, 3.63) is 137 Å². The third kappa shape index (κ3) is 2.91. The van der Waals surface area contributed by atoms with Crippen LogP contribution in [0, 0.1) is 0 Å². The molecule has 0 spiro atoms. The Morgan fingerprint density at radius 1 is 0.516 bits per heavy atom. The topological polar surface area (TPSA) is 0 Å². The minimum absolute atomic E-state index is 0.321. The maximum atomic E-state index is 2.43. The van der Waals surface area contributed by atoms with E-state index >= 15 is 0 Å². The molecule has 1 atom stereocenters. The molecule has 0 aliphatic heterocycles. The fourth-order valence-electron chi connectivity index (χ4n) is 5.33. The maximum absolute atomic E-state index is 2.43. The van der Waals surface area contributed by atoms with Gasteiger partial charge < -0.3 is 0 Å². The van der Waals surface area contributed by atoms with Gasteiger partial charge in [0.2, 0.25) is 0 Å². The molecule has 0 N–H and O–H groups in total. The molecule has 0 heteroatoms. The molecule has 31 heavy (non-hydrogen) atoms. The van der Waals surface area contributed by atoms with Gasteiger partial charge in [0, 0.05) is 11.8 Å². The van der Waals surface area contributed by atoms with Crippen molar-refractivity contribution < 1.29 is 0 Å². The van der Waals surface area contributed by atoms with E-state index in [1.807, 2.05) is 0 Å². The lowest BCUT2D eigenvalue weighted by atomic mass is 9.89. The van der Waals surface area contributed by atoms with Crippen molar-refractivity contribution >= 4 is 6.08 Å². The summed E-state index contributed by atoms with van der Waals surface area (Å²) in [7, 11) is 0. The van der Waals surface area contributed by atoms with Gasteiger partial charge in [-0.25, -0.2) is 0 Å². The first-order chi connectivity index (χ1) is 15.3. The van der Waals surface area contributed by atoms with Crippen LogP contribution in [0.2, 0.25) is 0 Å². The van der Waals surface area contributed by atoms with Crippen molar-refractivity contribution in [1.82, 2.24) is 0 Å². The summed E-state index contributed by atoms with van der Waals surface area (Å²) in [6.07, 6.45) is 7.23. The summed E-state index contributed by atoms with van der Waals surface area (Å²) in [5.74, 6) is 0.653. The molecule has 0 heterocycles. The Bertz CT molecular complexity index is 1290. The highest BCUT2D eigenvalue weighted by Gasteiger charge is 2.27. The van der Waals surface area contributed by atoms with E-state index in [-0.39, 0.29) is 0 Å². The van der Waals surface area contributed by atoms with Crippen LogP contribution >= 0.6 is 0 Å². The number of fused-ring (bicyclic) bond motifs is 4. The van der Waals surface area contributed by atoms with Crippen LogP contribution in [0.1, 0.15) is 41.0 Å². The van der Waals surface area contributed by atoms with Crippen LogP contribution in [-0.2, 0) is 0 Å². The van der Waals surface area contributed by atoms with Gasteiger partial charge in [0.05, 0.1) is 0 Å². The van der Waals surface area contributed by atoms with E-state index in [9.17, 15) is 0 Å². The van der Waals surface area contributed by atoms with E-state index < -0.39 is 0 Å². The summed E-state index contributed by atoms with van der Waals surface area (Å²) in [6.45, 7) is 2.26. The lowest BCUT2D eigenvalue weighted by Gasteiger charge is -2.14. The molecule has 0 bridgehead atoms. The highest BCUT2D eigenvalue weighted by atomic mass is 14.3. The average molecular weight is 397 g/mol. The monoisotopic (exact) mass is 396 g/mol. The zero-order chi connectivity index (χ0) is 20.8. The standard InChI is InChI=1S/C31H24/c1-21-20-31-24(22-10-3-2-4-11-22)16-9-17-25(31)23(21)18-19-30-28-14-7-5-12-26(28)27-13-6-8-15-29(27)30/h2-20,23,30H,1H3. The third-order valence-electron chi connectivity index (χ3n) is 6.80. The molecule has 0 radical (unpaired) electrons. The lowest BCUT2D eigenvalue weighted by molar-refractivity contribution is 0.988. The second-order valence-electron chi connectivity index (χ2n) is 8.58. The first-order valence-corrected chi connectivity index (χ1v) is 11.0. The largest absolute Gasteiger partial charge is 0.0760 e. The van der Waals surface area contributed by atoms with Crippen molar-refractivity contribution in [2.24, 2.45) is 0 Å². The normalized spacial score (nSPS) is 16.8. The van der Waals surface area contributed by atoms with Crippen LogP contribution in [0.25, 0.3) is 28.3 Å². The Morgan fingerprint density at radius 2 is 1.06 bits per heavy atom. The Labute approximate surface area is 184 Å². The molecule has 0 saturated carbocycles. The van der Waals surface area contributed by atoms with Gasteiger partial charge in [-0.1, -0.05) is 121 Å². The van der Waals surface area contributed by atoms with Crippen molar-refractivity contribution in [2.45, 2.75) is 18.8 Å². The second kappa shape index (κ2) is 7.25. The molecule has 1 unspecified atom stereocenters.